The summed E-state index contributed by atoms with van der Waals surface area (Å²) in [4.78, 5) is 0. The molecule has 23 heavy (non-hydrogen) atoms. The largest absolute Gasteiger partial charge is 0.381 e. The third-order valence-electron chi connectivity index (χ3n) is 5.27. The molecule has 2 N–H and O–H groups in total. The van der Waals surface area contributed by atoms with E-state index < -0.39 is 0 Å². The fourth-order valence-corrected chi connectivity index (χ4v) is 4.10. The van der Waals surface area contributed by atoms with Gasteiger partial charge in [0, 0.05) is 17.6 Å². The van der Waals surface area contributed by atoms with E-state index in [1.54, 1.807) is 6.07 Å². The lowest BCUT2D eigenvalue weighted by atomic mass is 9.84. The van der Waals surface area contributed by atoms with Crippen LogP contribution in [0.15, 0.2) is 36.4 Å². The first-order valence-corrected chi connectivity index (χ1v) is 8.61. The molecule has 2 aliphatic rings. The highest BCUT2D eigenvalue weighted by Crippen LogP contribution is 2.45. The molecule has 1 fully saturated rings. The van der Waals surface area contributed by atoms with Gasteiger partial charge in [0.15, 0.2) is 0 Å². The van der Waals surface area contributed by atoms with E-state index in [0.29, 0.717) is 17.5 Å². The van der Waals surface area contributed by atoms with Crippen molar-refractivity contribution in [3.8, 4) is 11.1 Å². The number of hydrogen-bond acceptors (Lipinski definition) is 2. The number of aryl methyl sites for hydroxylation is 1. The molecule has 2 nitrogen and oxygen atoms in total. The molecule has 3 heteroatoms. The van der Waals surface area contributed by atoms with Crippen molar-refractivity contribution in [2.75, 3.05) is 18.4 Å². The van der Waals surface area contributed by atoms with E-state index in [9.17, 15) is 4.39 Å². The maximum Gasteiger partial charge on any atom is 0.126 e. The molecule has 120 valence electrons. The molecule has 0 radical (unpaired) electrons. The van der Waals surface area contributed by atoms with Crippen LogP contribution in [0, 0.1) is 12.7 Å². The van der Waals surface area contributed by atoms with Crippen LogP contribution >= 0.6 is 0 Å². The van der Waals surface area contributed by atoms with Crippen LogP contribution < -0.4 is 10.6 Å². The fourth-order valence-electron chi connectivity index (χ4n) is 4.10. The predicted octanol–water partition coefficient (Wildman–Crippen LogP) is 4.45. The first-order valence-electron chi connectivity index (χ1n) is 8.61. The Kier molecular flexibility index (Phi) is 3.82. The molecule has 4 rings (SSSR count). The summed E-state index contributed by atoms with van der Waals surface area (Å²) in [5.41, 5.74) is 5.78. The van der Waals surface area contributed by atoms with Crippen LogP contribution in [0.3, 0.4) is 0 Å². The van der Waals surface area contributed by atoms with Crippen molar-refractivity contribution in [3.05, 3.63) is 53.3 Å². The summed E-state index contributed by atoms with van der Waals surface area (Å²) in [6.07, 6.45) is 3.57. The van der Waals surface area contributed by atoms with E-state index in [1.807, 2.05) is 19.1 Å². The van der Waals surface area contributed by atoms with E-state index in [-0.39, 0.29) is 5.82 Å². The number of rotatable bonds is 1. The molecule has 0 bridgehead atoms. The summed E-state index contributed by atoms with van der Waals surface area (Å²) in [5.74, 6) is 0.409. The van der Waals surface area contributed by atoms with Crippen LogP contribution in [-0.2, 0) is 0 Å². The highest BCUT2D eigenvalue weighted by Gasteiger charge is 2.34. The van der Waals surface area contributed by atoms with Gasteiger partial charge in [0.05, 0.1) is 0 Å². The lowest BCUT2D eigenvalue weighted by Crippen LogP contribution is -2.29. The number of hydrogen-bond donors (Lipinski definition) is 2. The van der Waals surface area contributed by atoms with Gasteiger partial charge in [0.2, 0.25) is 0 Å². The van der Waals surface area contributed by atoms with Gasteiger partial charge in [0.25, 0.3) is 0 Å². The zero-order valence-electron chi connectivity index (χ0n) is 13.5. The topological polar surface area (TPSA) is 24.1 Å². The van der Waals surface area contributed by atoms with Crippen molar-refractivity contribution >= 4 is 5.69 Å². The highest BCUT2D eigenvalue weighted by molar-refractivity contribution is 5.78. The first kappa shape index (κ1) is 14.7. The van der Waals surface area contributed by atoms with Crippen LogP contribution in [-0.4, -0.2) is 19.1 Å². The Bertz CT molecular complexity index is 726. The molecule has 2 aromatic rings. The van der Waals surface area contributed by atoms with Crippen LogP contribution in [0.1, 0.15) is 36.3 Å². The smallest absolute Gasteiger partial charge is 0.126 e. The molecule has 0 aliphatic carbocycles. The maximum atomic E-state index is 13.6. The second kappa shape index (κ2) is 5.97. The molecule has 2 heterocycles. The van der Waals surface area contributed by atoms with Gasteiger partial charge < -0.3 is 10.6 Å². The molecule has 0 amide bonds. The third kappa shape index (κ3) is 2.63. The van der Waals surface area contributed by atoms with Gasteiger partial charge >= 0.3 is 0 Å². The minimum atomic E-state index is -0.132. The average molecular weight is 310 g/mol. The summed E-state index contributed by atoms with van der Waals surface area (Å²) < 4.78 is 13.6. The van der Waals surface area contributed by atoms with Crippen molar-refractivity contribution in [3.63, 3.8) is 0 Å². The van der Waals surface area contributed by atoms with Gasteiger partial charge in [-0.1, -0.05) is 18.2 Å². The minimum absolute atomic E-state index is 0.132. The summed E-state index contributed by atoms with van der Waals surface area (Å²) >= 11 is 0. The lowest BCUT2D eigenvalue weighted by Gasteiger charge is -2.24. The van der Waals surface area contributed by atoms with Crippen LogP contribution in [0.2, 0.25) is 0 Å². The Morgan fingerprint density at radius 3 is 2.87 bits per heavy atom. The van der Waals surface area contributed by atoms with Crippen LogP contribution in [0.5, 0.6) is 0 Å². The molecular formula is C20H23FN2. The summed E-state index contributed by atoms with van der Waals surface area (Å²) in [5, 5.41) is 7.27. The van der Waals surface area contributed by atoms with Crippen molar-refractivity contribution < 1.29 is 4.39 Å². The SMILES string of the molecule is Cc1cc(-c2cccc3c2C2CCNCCCC2N3)ccc1F. The zero-order chi connectivity index (χ0) is 15.8. The van der Waals surface area contributed by atoms with E-state index >= 15 is 0 Å². The van der Waals surface area contributed by atoms with Gasteiger partial charge in [0.1, 0.15) is 5.82 Å². The van der Waals surface area contributed by atoms with Gasteiger partial charge in [-0.2, -0.15) is 0 Å². The van der Waals surface area contributed by atoms with Gasteiger partial charge in [-0.15, -0.1) is 0 Å². The van der Waals surface area contributed by atoms with Crippen molar-refractivity contribution in [2.45, 2.75) is 38.1 Å². The van der Waals surface area contributed by atoms with Gasteiger partial charge in [-0.25, -0.2) is 4.39 Å². The number of fused-ring (bicyclic) bond motifs is 3. The van der Waals surface area contributed by atoms with Gasteiger partial charge in [-0.05, 0) is 79.7 Å². The molecule has 0 aromatic heterocycles. The fraction of sp³-hybridized carbons (Fsp3) is 0.400. The first-order chi connectivity index (χ1) is 11.2. The molecule has 1 saturated heterocycles. The normalized spacial score (nSPS) is 23.4. The molecule has 2 aromatic carbocycles. The molecule has 0 saturated carbocycles. The number of benzene rings is 2. The number of nitrogens with one attached hydrogen (secondary N) is 2. The van der Waals surface area contributed by atoms with Crippen molar-refractivity contribution in [1.82, 2.24) is 5.32 Å². The molecule has 2 aliphatic heterocycles. The summed E-state index contributed by atoms with van der Waals surface area (Å²) in [7, 11) is 0. The third-order valence-corrected chi connectivity index (χ3v) is 5.27. The van der Waals surface area contributed by atoms with Crippen LogP contribution in [0.25, 0.3) is 11.1 Å². The van der Waals surface area contributed by atoms with Crippen molar-refractivity contribution in [2.24, 2.45) is 0 Å². The predicted molar refractivity (Wildman–Crippen MR) is 93.4 cm³/mol. The Balaban J connectivity index is 1.79. The molecule has 0 spiro atoms. The highest BCUT2D eigenvalue weighted by atomic mass is 19.1. The Labute approximate surface area is 137 Å². The van der Waals surface area contributed by atoms with Crippen LogP contribution in [0.4, 0.5) is 10.1 Å². The summed E-state index contributed by atoms with van der Waals surface area (Å²) in [6.45, 7) is 4.02. The summed E-state index contributed by atoms with van der Waals surface area (Å²) in [6, 6.07) is 12.5. The number of anilines is 1. The maximum absolute atomic E-state index is 13.6. The standard InChI is InChI=1S/C20H23FN2/c1-13-12-14(7-8-17(13)21)15-4-2-5-19-20(15)16-9-11-22-10-3-6-18(16)23-19/h2,4-5,7-8,12,16,18,22-23H,3,6,9-11H2,1H3. The Hall–Kier alpha value is -1.87. The van der Waals surface area contributed by atoms with E-state index in [2.05, 4.69) is 28.8 Å². The monoisotopic (exact) mass is 310 g/mol. The number of halogens is 1. The molecule has 2 atom stereocenters. The lowest BCUT2D eigenvalue weighted by molar-refractivity contribution is 0.449. The average Bonchev–Trinajstić information content (AvgIpc) is 2.87. The second-order valence-electron chi connectivity index (χ2n) is 6.77. The Morgan fingerprint density at radius 2 is 2.00 bits per heavy atom. The van der Waals surface area contributed by atoms with Crippen molar-refractivity contribution in [1.29, 1.82) is 0 Å². The second-order valence-corrected chi connectivity index (χ2v) is 6.77. The van der Waals surface area contributed by atoms with E-state index in [0.717, 1.165) is 25.1 Å². The zero-order valence-corrected chi connectivity index (χ0v) is 13.5. The quantitative estimate of drug-likeness (QED) is 0.813. The van der Waals surface area contributed by atoms with E-state index in [1.165, 1.54) is 29.7 Å². The molecular weight excluding hydrogens is 287 g/mol. The van der Waals surface area contributed by atoms with E-state index in [4.69, 9.17) is 0 Å². The minimum Gasteiger partial charge on any atom is -0.381 e. The Morgan fingerprint density at radius 1 is 1.09 bits per heavy atom. The molecule has 2 unspecified atom stereocenters. The van der Waals surface area contributed by atoms with Gasteiger partial charge in [-0.3, -0.25) is 0 Å².